The quantitative estimate of drug-likeness (QED) is 0.304. The lowest BCUT2D eigenvalue weighted by Crippen LogP contribution is -2.42. The van der Waals surface area contributed by atoms with E-state index in [0.717, 1.165) is 19.3 Å². The summed E-state index contributed by atoms with van der Waals surface area (Å²) in [5, 5.41) is 12.0. The van der Waals surface area contributed by atoms with Crippen LogP contribution in [-0.4, -0.2) is 23.3 Å². The normalized spacial score (nSPS) is 17.8. The van der Waals surface area contributed by atoms with Crippen LogP contribution in [0.25, 0.3) is 0 Å². The number of rotatable bonds is 11. The van der Waals surface area contributed by atoms with Crippen molar-refractivity contribution in [1.82, 2.24) is 0 Å². The summed E-state index contributed by atoms with van der Waals surface area (Å²) in [5.41, 5.74) is -0.495. The molecule has 0 saturated carbocycles. The highest BCUT2D eigenvalue weighted by Gasteiger charge is 2.50. The van der Waals surface area contributed by atoms with Gasteiger partial charge in [-0.1, -0.05) is 86.8 Å². The minimum Gasteiger partial charge on any atom is -0.375 e. The number of hydrogen-bond acceptors (Lipinski definition) is 3. The fraction of sp³-hybridized carbons (Fsp3) is 0.440. The number of unbranched alkanes of at least 4 members (excludes halogenated alkanes) is 6. The maximum atomic E-state index is 13.3. The number of fused-ring (bicyclic) bond motifs is 1. The first-order chi connectivity index (χ1) is 14.9. The number of para-hydroxylation sites is 1. The number of amides is 1. The zero-order valence-corrected chi connectivity index (χ0v) is 19.4. The molecule has 2 aromatic carbocycles. The van der Waals surface area contributed by atoms with Crippen LogP contribution in [0.15, 0.2) is 42.5 Å². The summed E-state index contributed by atoms with van der Waals surface area (Å²) in [7, 11) is 0. The van der Waals surface area contributed by atoms with Gasteiger partial charge in [0.2, 0.25) is 0 Å². The van der Waals surface area contributed by atoms with E-state index >= 15 is 0 Å². The zero-order chi connectivity index (χ0) is 22.4. The van der Waals surface area contributed by atoms with Crippen molar-refractivity contribution in [3.05, 3.63) is 63.6 Å². The number of benzene rings is 2. The van der Waals surface area contributed by atoms with Gasteiger partial charge >= 0.3 is 0 Å². The van der Waals surface area contributed by atoms with Crippen molar-refractivity contribution in [2.24, 2.45) is 0 Å². The molecule has 0 saturated heterocycles. The number of anilines is 1. The molecule has 3 rings (SSSR count). The summed E-state index contributed by atoms with van der Waals surface area (Å²) >= 11 is 12.1. The maximum absolute atomic E-state index is 13.3. The molecule has 4 nitrogen and oxygen atoms in total. The van der Waals surface area contributed by atoms with E-state index in [1.165, 1.54) is 37.8 Å². The van der Waals surface area contributed by atoms with Gasteiger partial charge in [0.25, 0.3) is 5.91 Å². The van der Waals surface area contributed by atoms with Crippen LogP contribution in [0.4, 0.5) is 5.69 Å². The molecule has 6 heteroatoms. The van der Waals surface area contributed by atoms with Crippen LogP contribution in [-0.2, 0) is 10.4 Å². The minimum absolute atomic E-state index is 0.208. The van der Waals surface area contributed by atoms with Crippen LogP contribution in [0.1, 0.15) is 74.2 Å². The smallest absolute Gasteiger partial charge is 0.264 e. The average molecular weight is 462 g/mol. The summed E-state index contributed by atoms with van der Waals surface area (Å²) in [4.78, 5) is 27.8. The number of carbonyl (C=O) groups is 2. The van der Waals surface area contributed by atoms with E-state index in [1.54, 1.807) is 23.1 Å². The van der Waals surface area contributed by atoms with E-state index in [2.05, 4.69) is 6.92 Å². The lowest BCUT2D eigenvalue weighted by atomic mass is 9.88. The molecule has 0 radical (unpaired) electrons. The second kappa shape index (κ2) is 10.6. The van der Waals surface area contributed by atoms with Gasteiger partial charge in [-0.15, -0.1) is 0 Å². The molecule has 1 atom stereocenters. The molecule has 0 bridgehead atoms. The molecular formula is C25H29Cl2NO3. The first kappa shape index (κ1) is 23.8. The average Bonchev–Trinajstić information content (AvgIpc) is 2.94. The summed E-state index contributed by atoms with van der Waals surface area (Å²) in [6.45, 7) is 2.73. The highest BCUT2D eigenvalue weighted by Crippen LogP contribution is 2.43. The number of ketones is 1. The monoisotopic (exact) mass is 461 g/mol. The van der Waals surface area contributed by atoms with E-state index in [4.69, 9.17) is 23.2 Å². The number of hydrogen-bond donors (Lipinski definition) is 1. The number of Topliss-reactive ketones (excluding diaryl/α,β-unsaturated/α-hetero) is 1. The van der Waals surface area contributed by atoms with E-state index in [9.17, 15) is 14.7 Å². The van der Waals surface area contributed by atoms with Gasteiger partial charge in [-0.05, 0) is 30.7 Å². The summed E-state index contributed by atoms with van der Waals surface area (Å²) in [6.07, 6.45) is 7.61. The van der Waals surface area contributed by atoms with Gasteiger partial charge in [0.15, 0.2) is 11.4 Å². The van der Waals surface area contributed by atoms with Crippen LogP contribution >= 0.6 is 23.2 Å². The highest BCUT2D eigenvalue weighted by atomic mass is 35.5. The Balaban J connectivity index is 1.72. The molecule has 0 spiro atoms. The Kier molecular flexibility index (Phi) is 8.15. The van der Waals surface area contributed by atoms with Crippen molar-refractivity contribution in [3.8, 4) is 0 Å². The number of halogens is 2. The molecule has 1 unspecified atom stereocenters. The molecule has 1 aliphatic rings. The zero-order valence-electron chi connectivity index (χ0n) is 17.9. The fourth-order valence-corrected chi connectivity index (χ4v) is 4.68. The Morgan fingerprint density at radius 3 is 2.39 bits per heavy atom. The Morgan fingerprint density at radius 2 is 1.68 bits per heavy atom. The summed E-state index contributed by atoms with van der Waals surface area (Å²) < 4.78 is 0. The molecule has 1 heterocycles. The number of carbonyl (C=O) groups excluding carboxylic acids is 2. The van der Waals surface area contributed by atoms with Gasteiger partial charge in [0.05, 0.1) is 17.1 Å². The summed E-state index contributed by atoms with van der Waals surface area (Å²) in [6, 6.07) is 11.7. The molecule has 1 amide bonds. The van der Waals surface area contributed by atoms with Crippen LogP contribution < -0.4 is 4.90 Å². The predicted molar refractivity (Wildman–Crippen MR) is 126 cm³/mol. The molecule has 1 N–H and O–H groups in total. The maximum Gasteiger partial charge on any atom is 0.264 e. The Hall–Kier alpha value is -1.88. The van der Waals surface area contributed by atoms with E-state index in [1.807, 2.05) is 12.1 Å². The number of aliphatic hydroxyl groups is 1. The first-order valence-electron chi connectivity index (χ1n) is 11.0. The molecular weight excluding hydrogens is 433 g/mol. The van der Waals surface area contributed by atoms with Gasteiger partial charge in [0, 0.05) is 22.7 Å². The molecule has 2 aromatic rings. The SMILES string of the molecule is CCCCCCCCCN1C(=O)C(O)(CC(=O)c2ccc(Cl)cc2Cl)c2ccccc21. The van der Waals surface area contributed by atoms with Gasteiger partial charge < -0.3 is 10.0 Å². The van der Waals surface area contributed by atoms with Gasteiger partial charge in [0.1, 0.15) is 0 Å². The van der Waals surface area contributed by atoms with Crippen molar-refractivity contribution < 1.29 is 14.7 Å². The van der Waals surface area contributed by atoms with E-state index < -0.39 is 17.3 Å². The largest absolute Gasteiger partial charge is 0.375 e. The van der Waals surface area contributed by atoms with Crippen LogP contribution in [0.2, 0.25) is 10.0 Å². The van der Waals surface area contributed by atoms with Crippen molar-refractivity contribution in [2.75, 3.05) is 11.4 Å². The van der Waals surface area contributed by atoms with E-state index in [-0.39, 0.29) is 17.0 Å². The predicted octanol–water partition coefficient (Wildman–Crippen LogP) is 6.55. The Labute approximate surface area is 194 Å². The van der Waals surface area contributed by atoms with Gasteiger partial charge in [-0.3, -0.25) is 9.59 Å². The van der Waals surface area contributed by atoms with Crippen LogP contribution in [0, 0.1) is 0 Å². The second-order valence-electron chi connectivity index (χ2n) is 8.18. The lowest BCUT2D eigenvalue weighted by molar-refractivity contribution is -0.135. The van der Waals surface area contributed by atoms with Gasteiger partial charge in [-0.2, -0.15) is 0 Å². The molecule has 1 aliphatic heterocycles. The Morgan fingerprint density at radius 1 is 1.00 bits per heavy atom. The summed E-state index contributed by atoms with van der Waals surface area (Å²) in [5.74, 6) is -0.844. The first-order valence-corrected chi connectivity index (χ1v) is 11.8. The lowest BCUT2D eigenvalue weighted by Gasteiger charge is -2.23. The molecule has 0 fully saturated rings. The fourth-order valence-electron chi connectivity index (χ4n) is 4.17. The van der Waals surface area contributed by atoms with Crippen molar-refractivity contribution in [3.63, 3.8) is 0 Å². The third-order valence-electron chi connectivity index (χ3n) is 5.87. The third kappa shape index (κ3) is 5.31. The third-order valence-corrected chi connectivity index (χ3v) is 6.42. The highest BCUT2D eigenvalue weighted by molar-refractivity contribution is 6.37. The van der Waals surface area contributed by atoms with Gasteiger partial charge in [-0.25, -0.2) is 0 Å². The molecule has 166 valence electrons. The van der Waals surface area contributed by atoms with Crippen molar-refractivity contribution >= 4 is 40.6 Å². The molecule has 0 aliphatic carbocycles. The standard InChI is InChI=1S/C25H29Cl2NO3/c1-2-3-4-5-6-7-10-15-28-22-12-9-8-11-20(22)25(31,24(28)30)17-23(29)19-14-13-18(26)16-21(19)27/h8-9,11-14,16,31H,2-7,10,15,17H2,1H3. The number of nitrogens with zero attached hydrogens (tertiary/aromatic N) is 1. The molecule has 0 aromatic heterocycles. The van der Waals surface area contributed by atoms with Crippen LogP contribution in [0.3, 0.4) is 0 Å². The van der Waals surface area contributed by atoms with E-state index in [0.29, 0.717) is 22.8 Å². The molecule has 31 heavy (non-hydrogen) atoms. The Bertz CT molecular complexity index is 946. The second-order valence-corrected chi connectivity index (χ2v) is 9.02. The van der Waals surface area contributed by atoms with Crippen LogP contribution in [0.5, 0.6) is 0 Å². The topological polar surface area (TPSA) is 57.6 Å². The minimum atomic E-state index is -1.89. The van der Waals surface area contributed by atoms with Crippen molar-refractivity contribution in [2.45, 2.75) is 63.9 Å². The van der Waals surface area contributed by atoms with Crippen molar-refractivity contribution in [1.29, 1.82) is 0 Å².